The molecule has 1 aromatic carbocycles. The van der Waals surface area contributed by atoms with Crippen LogP contribution in [0.15, 0.2) is 39.2 Å². The summed E-state index contributed by atoms with van der Waals surface area (Å²) >= 11 is 3.13. The van der Waals surface area contributed by atoms with Crippen molar-refractivity contribution in [2.45, 2.75) is 13.0 Å². The van der Waals surface area contributed by atoms with E-state index < -0.39 is 0 Å². The van der Waals surface area contributed by atoms with Crippen molar-refractivity contribution in [3.05, 3.63) is 46.4 Å². The first kappa shape index (κ1) is 12.3. The first-order valence-corrected chi connectivity index (χ1v) is 6.13. The predicted octanol–water partition coefficient (Wildman–Crippen LogP) is 4.13. The SMILES string of the molecule is CNC(C)c1ccc(-c2ccc(Br)c(F)c2)o1. The Bertz CT molecular complexity index is 524. The fourth-order valence-corrected chi connectivity index (χ4v) is 1.78. The van der Waals surface area contributed by atoms with Crippen LogP contribution in [0.25, 0.3) is 11.3 Å². The van der Waals surface area contributed by atoms with Crippen LogP contribution < -0.4 is 5.32 Å². The van der Waals surface area contributed by atoms with Gasteiger partial charge in [0.05, 0.1) is 10.5 Å². The Labute approximate surface area is 108 Å². The number of hydrogen-bond acceptors (Lipinski definition) is 2. The van der Waals surface area contributed by atoms with E-state index in [0.717, 1.165) is 11.3 Å². The van der Waals surface area contributed by atoms with Gasteiger partial charge in [-0.2, -0.15) is 0 Å². The summed E-state index contributed by atoms with van der Waals surface area (Å²) in [7, 11) is 1.87. The van der Waals surface area contributed by atoms with Crippen molar-refractivity contribution in [3.8, 4) is 11.3 Å². The van der Waals surface area contributed by atoms with Gasteiger partial charge in [0.2, 0.25) is 0 Å². The molecular weight excluding hydrogens is 285 g/mol. The highest BCUT2D eigenvalue weighted by molar-refractivity contribution is 9.10. The molecule has 0 fully saturated rings. The van der Waals surface area contributed by atoms with E-state index in [0.29, 0.717) is 10.2 Å². The summed E-state index contributed by atoms with van der Waals surface area (Å²) < 4.78 is 19.5. The predicted molar refractivity (Wildman–Crippen MR) is 69.3 cm³/mol. The van der Waals surface area contributed by atoms with Crippen molar-refractivity contribution < 1.29 is 8.81 Å². The maximum Gasteiger partial charge on any atom is 0.138 e. The highest BCUT2D eigenvalue weighted by Gasteiger charge is 2.10. The van der Waals surface area contributed by atoms with E-state index in [-0.39, 0.29) is 11.9 Å². The van der Waals surface area contributed by atoms with Gasteiger partial charge >= 0.3 is 0 Å². The zero-order valence-electron chi connectivity index (χ0n) is 9.63. The molecule has 2 nitrogen and oxygen atoms in total. The zero-order valence-corrected chi connectivity index (χ0v) is 11.2. The zero-order chi connectivity index (χ0) is 12.4. The number of rotatable bonds is 3. The van der Waals surface area contributed by atoms with Crippen LogP contribution in [0.5, 0.6) is 0 Å². The highest BCUT2D eigenvalue weighted by atomic mass is 79.9. The summed E-state index contributed by atoms with van der Waals surface area (Å²) in [4.78, 5) is 0. The standard InChI is InChI=1S/C13H13BrFNO/c1-8(16-2)12-5-6-13(17-12)9-3-4-10(14)11(15)7-9/h3-8,16H,1-2H3. The Morgan fingerprint density at radius 1 is 1.29 bits per heavy atom. The van der Waals surface area contributed by atoms with Gasteiger partial charge in [0, 0.05) is 5.56 Å². The fraction of sp³-hybridized carbons (Fsp3) is 0.231. The molecule has 1 unspecified atom stereocenters. The Morgan fingerprint density at radius 2 is 2.06 bits per heavy atom. The Balaban J connectivity index is 2.33. The molecule has 0 aliphatic heterocycles. The molecule has 0 saturated carbocycles. The van der Waals surface area contributed by atoms with Gasteiger partial charge in [0.1, 0.15) is 17.3 Å². The molecule has 4 heteroatoms. The quantitative estimate of drug-likeness (QED) is 0.921. The second kappa shape index (κ2) is 5.02. The molecule has 0 aliphatic carbocycles. The van der Waals surface area contributed by atoms with Crippen molar-refractivity contribution in [1.29, 1.82) is 0 Å². The number of halogens is 2. The minimum absolute atomic E-state index is 0.143. The Kier molecular flexibility index (Phi) is 3.64. The van der Waals surface area contributed by atoms with E-state index in [1.54, 1.807) is 6.07 Å². The second-order valence-corrected chi connectivity index (χ2v) is 4.70. The van der Waals surface area contributed by atoms with Crippen molar-refractivity contribution >= 4 is 15.9 Å². The molecule has 0 spiro atoms. The lowest BCUT2D eigenvalue weighted by Crippen LogP contribution is -2.10. The third-order valence-electron chi connectivity index (χ3n) is 2.69. The summed E-state index contributed by atoms with van der Waals surface area (Å²) in [6.45, 7) is 2.00. The van der Waals surface area contributed by atoms with Crippen LogP contribution in [-0.2, 0) is 0 Å². The minimum atomic E-state index is -0.290. The largest absolute Gasteiger partial charge is 0.459 e. The molecule has 0 bridgehead atoms. The first-order chi connectivity index (χ1) is 8.11. The van der Waals surface area contributed by atoms with E-state index in [1.165, 1.54) is 6.07 Å². The van der Waals surface area contributed by atoms with Crippen LogP contribution in [-0.4, -0.2) is 7.05 Å². The maximum absolute atomic E-state index is 13.4. The van der Waals surface area contributed by atoms with Crippen LogP contribution in [0.4, 0.5) is 4.39 Å². The lowest BCUT2D eigenvalue weighted by Gasteiger charge is -2.05. The summed E-state index contributed by atoms with van der Waals surface area (Å²) in [6, 6.07) is 8.84. The van der Waals surface area contributed by atoms with Crippen LogP contribution in [0.2, 0.25) is 0 Å². The average Bonchev–Trinajstić information content (AvgIpc) is 2.81. The third kappa shape index (κ3) is 2.58. The van der Waals surface area contributed by atoms with Gasteiger partial charge in [-0.25, -0.2) is 4.39 Å². The summed E-state index contributed by atoms with van der Waals surface area (Å²) in [6.07, 6.45) is 0. The van der Waals surface area contributed by atoms with Crippen molar-refractivity contribution in [3.63, 3.8) is 0 Å². The number of nitrogens with one attached hydrogen (secondary N) is 1. The molecule has 1 aromatic heterocycles. The van der Waals surface area contributed by atoms with E-state index in [2.05, 4.69) is 21.2 Å². The molecule has 0 saturated heterocycles. The molecule has 1 heterocycles. The maximum atomic E-state index is 13.4. The van der Waals surface area contributed by atoms with E-state index >= 15 is 0 Å². The molecule has 1 N–H and O–H groups in total. The normalized spacial score (nSPS) is 12.7. The topological polar surface area (TPSA) is 25.2 Å². The number of hydrogen-bond donors (Lipinski definition) is 1. The molecule has 0 amide bonds. The molecule has 0 aliphatic rings. The molecule has 90 valence electrons. The highest BCUT2D eigenvalue weighted by Crippen LogP contribution is 2.27. The van der Waals surface area contributed by atoms with Crippen LogP contribution in [0.3, 0.4) is 0 Å². The van der Waals surface area contributed by atoms with Crippen molar-refractivity contribution in [1.82, 2.24) is 5.32 Å². The lowest BCUT2D eigenvalue weighted by atomic mass is 10.2. The first-order valence-electron chi connectivity index (χ1n) is 5.34. The number of furan rings is 1. The third-order valence-corrected chi connectivity index (χ3v) is 3.33. The number of benzene rings is 1. The Hall–Kier alpha value is -1.13. The molecule has 1 atom stereocenters. The van der Waals surface area contributed by atoms with Gasteiger partial charge in [-0.15, -0.1) is 0 Å². The summed E-state index contributed by atoms with van der Waals surface area (Å²) in [5.41, 5.74) is 0.736. The molecule has 0 radical (unpaired) electrons. The van der Waals surface area contributed by atoms with Gasteiger partial charge in [0.15, 0.2) is 0 Å². The van der Waals surface area contributed by atoms with Gasteiger partial charge in [-0.05, 0) is 60.2 Å². The van der Waals surface area contributed by atoms with Crippen LogP contribution in [0.1, 0.15) is 18.7 Å². The lowest BCUT2D eigenvalue weighted by molar-refractivity contribution is 0.458. The monoisotopic (exact) mass is 297 g/mol. The van der Waals surface area contributed by atoms with Gasteiger partial charge in [-0.1, -0.05) is 0 Å². The molecule has 17 heavy (non-hydrogen) atoms. The van der Waals surface area contributed by atoms with Crippen LogP contribution in [0, 0.1) is 5.82 Å². The fourth-order valence-electron chi connectivity index (χ4n) is 1.53. The van der Waals surface area contributed by atoms with Crippen molar-refractivity contribution in [2.75, 3.05) is 7.05 Å². The summed E-state index contributed by atoms with van der Waals surface area (Å²) in [5, 5.41) is 3.09. The van der Waals surface area contributed by atoms with Gasteiger partial charge in [0.25, 0.3) is 0 Å². The summed E-state index contributed by atoms with van der Waals surface area (Å²) in [5.74, 6) is 1.22. The average molecular weight is 298 g/mol. The van der Waals surface area contributed by atoms with E-state index in [9.17, 15) is 4.39 Å². The molecule has 2 aromatic rings. The smallest absolute Gasteiger partial charge is 0.138 e. The molecular formula is C13H13BrFNO. The van der Waals surface area contributed by atoms with Crippen molar-refractivity contribution in [2.24, 2.45) is 0 Å². The molecule has 2 rings (SSSR count). The Morgan fingerprint density at radius 3 is 2.71 bits per heavy atom. The van der Waals surface area contributed by atoms with E-state index in [4.69, 9.17) is 4.42 Å². The van der Waals surface area contributed by atoms with Crippen LogP contribution >= 0.6 is 15.9 Å². The van der Waals surface area contributed by atoms with Gasteiger partial charge in [-0.3, -0.25) is 0 Å². The van der Waals surface area contributed by atoms with Gasteiger partial charge < -0.3 is 9.73 Å². The second-order valence-electron chi connectivity index (χ2n) is 3.84. The minimum Gasteiger partial charge on any atom is -0.459 e. The van der Waals surface area contributed by atoms with E-state index in [1.807, 2.05) is 32.2 Å².